The third kappa shape index (κ3) is 3.36. The third-order valence-electron chi connectivity index (χ3n) is 4.21. The van der Waals surface area contributed by atoms with Gasteiger partial charge in [-0.2, -0.15) is 15.0 Å². The summed E-state index contributed by atoms with van der Waals surface area (Å²) in [4.78, 5) is 18.3. The second-order valence-electron chi connectivity index (χ2n) is 5.83. The van der Waals surface area contributed by atoms with Crippen molar-refractivity contribution in [2.45, 2.75) is 46.6 Å². The molecule has 0 saturated carbocycles. The van der Waals surface area contributed by atoms with E-state index in [2.05, 4.69) is 52.8 Å². The molecule has 1 aliphatic rings. The molecule has 0 amide bonds. The lowest BCUT2D eigenvalue weighted by Gasteiger charge is -2.29. The summed E-state index contributed by atoms with van der Waals surface area (Å²) in [6.07, 6.45) is 2.43. The lowest BCUT2D eigenvalue weighted by atomic mass is 10.0. The average molecular weight is 292 g/mol. The summed E-state index contributed by atoms with van der Waals surface area (Å²) in [6.45, 7) is 11.6. The van der Waals surface area contributed by atoms with E-state index in [0.29, 0.717) is 17.9 Å². The highest BCUT2D eigenvalue weighted by atomic mass is 15.4. The van der Waals surface area contributed by atoms with Crippen LogP contribution >= 0.6 is 0 Å². The van der Waals surface area contributed by atoms with Crippen molar-refractivity contribution in [3.8, 4) is 0 Å². The van der Waals surface area contributed by atoms with Crippen molar-refractivity contribution in [2.24, 2.45) is 5.92 Å². The highest BCUT2D eigenvalue weighted by Gasteiger charge is 2.30. The number of nitrogens with one attached hydrogen (secondary N) is 1. The summed E-state index contributed by atoms with van der Waals surface area (Å²) >= 11 is 0. The van der Waals surface area contributed by atoms with Crippen LogP contribution < -0.4 is 15.1 Å². The number of nitrogens with zero attached hydrogens (tertiary/aromatic N) is 5. The van der Waals surface area contributed by atoms with Gasteiger partial charge < -0.3 is 15.1 Å². The van der Waals surface area contributed by atoms with Crippen molar-refractivity contribution in [1.29, 1.82) is 0 Å². The Kier molecular flexibility index (Phi) is 5.20. The zero-order valence-corrected chi connectivity index (χ0v) is 13.9. The van der Waals surface area contributed by atoms with Gasteiger partial charge in [0.15, 0.2) is 0 Å². The quantitative estimate of drug-likeness (QED) is 0.869. The summed E-state index contributed by atoms with van der Waals surface area (Å²) in [6, 6.07) is 0.529. The van der Waals surface area contributed by atoms with E-state index in [4.69, 9.17) is 4.98 Å². The fourth-order valence-corrected chi connectivity index (χ4v) is 2.98. The van der Waals surface area contributed by atoms with Crippen LogP contribution in [0.5, 0.6) is 0 Å². The standard InChI is InChI=1S/C15H28N6/c1-6-20(7-2)14-17-13(16-5)18-15(19-14)21-10-8-9-12(21)11(3)4/h11-12H,6-10H2,1-5H3,(H,16,17,18,19). The Hall–Kier alpha value is -1.59. The maximum atomic E-state index is 4.73. The fourth-order valence-electron chi connectivity index (χ4n) is 2.98. The minimum Gasteiger partial charge on any atom is -0.357 e. The molecule has 2 heterocycles. The van der Waals surface area contributed by atoms with Crippen molar-refractivity contribution in [3.05, 3.63) is 0 Å². The zero-order chi connectivity index (χ0) is 15.4. The van der Waals surface area contributed by atoms with Gasteiger partial charge in [-0.15, -0.1) is 0 Å². The minimum atomic E-state index is 0.529. The monoisotopic (exact) mass is 292 g/mol. The largest absolute Gasteiger partial charge is 0.357 e. The Labute approximate surface area is 128 Å². The highest BCUT2D eigenvalue weighted by Crippen LogP contribution is 2.28. The van der Waals surface area contributed by atoms with E-state index in [1.807, 2.05) is 7.05 Å². The van der Waals surface area contributed by atoms with E-state index in [1.165, 1.54) is 12.8 Å². The van der Waals surface area contributed by atoms with Gasteiger partial charge in [0, 0.05) is 32.7 Å². The molecule has 1 fully saturated rings. The van der Waals surface area contributed by atoms with E-state index >= 15 is 0 Å². The van der Waals surface area contributed by atoms with Gasteiger partial charge in [-0.1, -0.05) is 13.8 Å². The molecule has 2 rings (SSSR count). The number of hydrogen-bond acceptors (Lipinski definition) is 6. The van der Waals surface area contributed by atoms with Gasteiger partial charge in [-0.25, -0.2) is 0 Å². The first-order valence-corrected chi connectivity index (χ1v) is 8.06. The molecule has 0 aliphatic carbocycles. The molecule has 0 spiro atoms. The summed E-state index contributed by atoms with van der Waals surface area (Å²) in [5, 5.41) is 3.06. The van der Waals surface area contributed by atoms with Crippen LogP contribution in [0.1, 0.15) is 40.5 Å². The molecule has 6 heteroatoms. The maximum absolute atomic E-state index is 4.73. The van der Waals surface area contributed by atoms with Crippen molar-refractivity contribution >= 4 is 17.8 Å². The number of anilines is 3. The molecule has 1 aromatic rings. The molecule has 1 saturated heterocycles. The second kappa shape index (κ2) is 6.91. The van der Waals surface area contributed by atoms with Gasteiger partial charge in [0.25, 0.3) is 0 Å². The maximum Gasteiger partial charge on any atom is 0.232 e. The Balaban J connectivity index is 2.36. The van der Waals surface area contributed by atoms with Gasteiger partial charge in [0.05, 0.1) is 0 Å². The van der Waals surface area contributed by atoms with Crippen LogP contribution in [0.3, 0.4) is 0 Å². The first-order valence-electron chi connectivity index (χ1n) is 8.06. The van der Waals surface area contributed by atoms with Crippen LogP contribution in [0.15, 0.2) is 0 Å². The molecule has 0 bridgehead atoms. The van der Waals surface area contributed by atoms with Crippen LogP contribution in [-0.4, -0.2) is 47.7 Å². The van der Waals surface area contributed by atoms with Crippen LogP contribution in [0.2, 0.25) is 0 Å². The molecular formula is C15H28N6. The summed E-state index contributed by atoms with van der Waals surface area (Å²) in [5.41, 5.74) is 0. The first-order chi connectivity index (χ1) is 10.1. The Morgan fingerprint density at radius 3 is 2.52 bits per heavy atom. The van der Waals surface area contributed by atoms with Crippen molar-refractivity contribution in [3.63, 3.8) is 0 Å². The molecule has 0 radical (unpaired) electrons. The molecule has 1 N–H and O–H groups in total. The lowest BCUT2D eigenvalue weighted by molar-refractivity contribution is 0.486. The van der Waals surface area contributed by atoms with E-state index in [9.17, 15) is 0 Å². The SMILES string of the molecule is CCN(CC)c1nc(NC)nc(N2CCCC2C(C)C)n1. The lowest BCUT2D eigenvalue weighted by Crippen LogP contribution is -2.35. The van der Waals surface area contributed by atoms with Crippen molar-refractivity contribution in [2.75, 3.05) is 41.8 Å². The van der Waals surface area contributed by atoms with Crippen LogP contribution in [0.4, 0.5) is 17.8 Å². The number of aromatic nitrogens is 3. The molecule has 21 heavy (non-hydrogen) atoms. The zero-order valence-electron chi connectivity index (χ0n) is 13.9. The average Bonchev–Trinajstić information content (AvgIpc) is 2.98. The van der Waals surface area contributed by atoms with Gasteiger partial charge in [0.2, 0.25) is 17.8 Å². The normalized spacial score (nSPS) is 18.4. The summed E-state index contributed by atoms with van der Waals surface area (Å²) < 4.78 is 0. The van der Waals surface area contributed by atoms with E-state index in [0.717, 1.165) is 31.5 Å². The van der Waals surface area contributed by atoms with E-state index in [-0.39, 0.29) is 0 Å². The summed E-state index contributed by atoms with van der Waals surface area (Å²) in [7, 11) is 1.86. The second-order valence-corrected chi connectivity index (χ2v) is 5.83. The molecule has 6 nitrogen and oxygen atoms in total. The van der Waals surface area contributed by atoms with Crippen LogP contribution in [0.25, 0.3) is 0 Å². The highest BCUT2D eigenvalue weighted by molar-refractivity contribution is 5.46. The van der Waals surface area contributed by atoms with Crippen LogP contribution in [-0.2, 0) is 0 Å². The molecule has 1 aromatic heterocycles. The Morgan fingerprint density at radius 2 is 1.95 bits per heavy atom. The molecular weight excluding hydrogens is 264 g/mol. The minimum absolute atomic E-state index is 0.529. The predicted octanol–water partition coefficient (Wildman–Crippen LogP) is 2.38. The molecule has 1 aliphatic heterocycles. The van der Waals surface area contributed by atoms with E-state index in [1.54, 1.807) is 0 Å². The van der Waals surface area contributed by atoms with Gasteiger partial charge in [0.1, 0.15) is 0 Å². The third-order valence-corrected chi connectivity index (χ3v) is 4.21. The Morgan fingerprint density at radius 1 is 1.24 bits per heavy atom. The van der Waals surface area contributed by atoms with Crippen molar-refractivity contribution in [1.82, 2.24) is 15.0 Å². The summed E-state index contributed by atoms with van der Waals surface area (Å²) in [5.74, 6) is 2.84. The molecule has 0 aromatic carbocycles. The smallest absolute Gasteiger partial charge is 0.232 e. The molecule has 1 atom stereocenters. The first kappa shape index (κ1) is 15.8. The Bertz CT molecular complexity index is 457. The van der Waals surface area contributed by atoms with Gasteiger partial charge in [-0.3, -0.25) is 0 Å². The van der Waals surface area contributed by atoms with E-state index < -0.39 is 0 Å². The van der Waals surface area contributed by atoms with Gasteiger partial charge in [-0.05, 0) is 32.6 Å². The number of hydrogen-bond donors (Lipinski definition) is 1. The predicted molar refractivity (Wildman–Crippen MR) is 88.1 cm³/mol. The molecule has 1 unspecified atom stereocenters. The molecule has 118 valence electrons. The van der Waals surface area contributed by atoms with Crippen molar-refractivity contribution < 1.29 is 0 Å². The number of rotatable bonds is 6. The van der Waals surface area contributed by atoms with Crippen LogP contribution in [0, 0.1) is 5.92 Å². The topological polar surface area (TPSA) is 57.2 Å². The van der Waals surface area contributed by atoms with Gasteiger partial charge >= 0.3 is 0 Å². The fraction of sp³-hybridized carbons (Fsp3) is 0.800.